The number of nitrogens with zero attached hydrogens (tertiary/aromatic N) is 3. The van der Waals surface area contributed by atoms with Crippen molar-refractivity contribution in [2.75, 3.05) is 38.2 Å². The highest BCUT2D eigenvalue weighted by atomic mass is 32.1. The Bertz CT molecular complexity index is 920. The number of aliphatic hydroxyl groups is 1. The molecule has 1 atom stereocenters. The minimum atomic E-state index is 0.0407. The maximum atomic E-state index is 9.57. The predicted molar refractivity (Wildman–Crippen MR) is 115 cm³/mol. The largest absolute Gasteiger partial charge is 0.396 e. The van der Waals surface area contributed by atoms with Crippen molar-refractivity contribution in [1.29, 1.82) is 0 Å². The summed E-state index contributed by atoms with van der Waals surface area (Å²) in [5, 5.41) is 16.4. The number of fused-ring (bicyclic) bond motifs is 1. The third-order valence-electron chi connectivity index (χ3n) is 5.16. The average Bonchev–Trinajstić information content (AvgIpc) is 3.31. The van der Waals surface area contributed by atoms with Crippen LogP contribution in [0, 0.1) is 13.8 Å². The van der Waals surface area contributed by atoms with Crippen LogP contribution in [-0.2, 0) is 11.3 Å². The van der Waals surface area contributed by atoms with E-state index in [1.165, 1.54) is 15.3 Å². The first-order valence-electron chi connectivity index (χ1n) is 9.63. The summed E-state index contributed by atoms with van der Waals surface area (Å²) in [7, 11) is 0. The molecule has 150 valence electrons. The smallest absolute Gasteiger partial charge is 0.146 e. The normalized spacial score (nSPS) is 16.5. The summed E-state index contributed by atoms with van der Waals surface area (Å²) in [6, 6.07) is 4.20. The van der Waals surface area contributed by atoms with E-state index in [-0.39, 0.29) is 12.6 Å². The van der Waals surface area contributed by atoms with E-state index in [0.29, 0.717) is 6.42 Å². The highest BCUT2D eigenvalue weighted by Crippen LogP contribution is 2.36. The van der Waals surface area contributed by atoms with E-state index in [2.05, 4.69) is 35.5 Å². The summed E-state index contributed by atoms with van der Waals surface area (Å²) < 4.78 is 5.46. The molecule has 3 aromatic rings. The van der Waals surface area contributed by atoms with Gasteiger partial charge in [0.1, 0.15) is 16.5 Å². The Kier molecular flexibility index (Phi) is 6.22. The fraction of sp³-hybridized carbons (Fsp3) is 0.500. The Balaban J connectivity index is 1.69. The second-order valence-electron chi connectivity index (χ2n) is 7.06. The van der Waals surface area contributed by atoms with Gasteiger partial charge in [0.2, 0.25) is 0 Å². The lowest BCUT2D eigenvalue weighted by molar-refractivity contribution is 0.0331. The number of rotatable bonds is 7. The fourth-order valence-corrected chi connectivity index (χ4v) is 5.36. The van der Waals surface area contributed by atoms with E-state index in [0.717, 1.165) is 54.7 Å². The molecule has 1 fully saturated rings. The maximum absolute atomic E-state index is 9.57. The van der Waals surface area contributed by atoms with Crippen LogP contribution in [0.3, 0.4) is 0 Å². The van der Waals surface area contributed by atoms with E-state index < -0.39 is 0 Å². The number of ether oxygens (including phenoxy) is 1. The van der Waals surface area contributed by atoms with Gasteiger partial charge in [0.05, 0.1) is 31.2 Å². The first-order chi connectivity index (χ1) is 13.7. The SMILES string of the molecule is Cc1sc2nc(CN3CCOCC3)nc(NC(CCO)c3cccs3)c2c1C. The zero-order chi connectivity index (χ0) is 19.5. The lowest BCUT2D eigenvalue weighted by atomic mass is 10.1. The second kappa shape index (κ2) is 8.84. The highest BCUT2D eigenvalue weighted by molar-refractivity contribution is 7.18. The molecule has 0 spiro atoms. The molecule has 0 bridgehead atoms. The molecule has 1 aliphatic rings. The van der Waals surface area contributed by atoms with Crippen molar-refractivity contribution in [1.82, 2.24) is 14.9 Å². The molecular formula is C20H26N4O2S2. The number of thiophene rings is 2. The Morgan fingerprint density at radius 3 is 2.82 bits per heavy atom. The molecule has 0 saturated carbocycles. The predicted octanol–water partition coefficient (Wildman–Crippen LogP) is 3.74. The lowest BCUT2D eigenvalue weighted by Gasteiger charge is -2.26. The number of hydrogen-bond acceptors (Lipinski definition) is 8. The molecule has 0 amide bonds. The number of nitrogens with one attached hydrogen (secondary N) is 1. The van der Waals surface area contributed by atoms with Crippen molar-refractivity contribution in [2.45, 2.75) is 32.9 Å². The topological polar surface area (TPSA) is 70.5 Å². The quantitative estimate of drug-likeness (QED) is 0.609. The molecular weight excluding hydrogens is 392 g/mol. The number of morpholine rings is 1. The van der Waals surface area contributed by atoms with Crippen molar-refractivity contribution >= 4 is 38.7 Å². The number of anilines is 1. The summed E-state index contributed by atoms with van der Waals surface area (Å²) >= 11 is 3.43. The molecule has 1 unspecified atom stereocenters. The summed E-state index contributed by atoms with van der Waals surface area (Å²) in [5.41, 5.74) is 1.23. The first-order valence-corrected chi connectivity index (χ1v) is 11.3. The van der Waals surface area contributed by atoms with Crippen LogP contribution in [0.5, 0.6) is 0 Å². The van der Waals surface area contributed by atoms with Gasteiger partial charge in [-0.15, -0.1) is 22.7 Å². The third kappa shape index (κ3) is 4.21. The third-order valence-corrected chi connectivity index (χ3v) is 7.25. The van der Waals surface area contributed by atoms with E-state index in [1.807, 2.05) is 6.07 Å². The van der Waals surface area contributed by atoms with Crippen molar-refractivity contribution in [3.8, 4) is 0 Å². The molecule has 1 saturated heterocycles. The fourth-order valence-electron chi connectivity index (χ4n) is 3.50. The van der Waals surface area contributed by atoms with Gasteiger partial charge in [-0.05, 0) is 37.3 Å². The zero-order valence-electron chi connectivity index (χ0n) is 16.3. The Morgan fingerprint density at radius 1 is 1.29 bits per heavy atom. The summed E-state index contributed by atoms with van der Waals surface area (Å²) in [4.78, 5) is 15.6. The Hall–Kier alpha value is -1.58. The van der Waals surface area contributed by atoms with Crippen LogP contribution in [0.4, 0.5) is 5.82 Å². The molecule has 3 aromatic heterocycles. The number of aliphatic hydroxyl groups excluding tert-OH is 1. The molecule has 6 nitrogen and oxygen atoms in total. The number of aryl methyl sites for hydroxylation is 2. The van der Waals surface area contributed by atoms with E-state index in [4.69, 9.17) is 14.7 Å². The molecule has 2 N–H and O–H groups in total. The van der Waals surface area contributed by atoms with Crippen LogP contribution in [-0.4, -0.2) is 52.9 Å². The summed E-state index contributed by atoms with van der Waals surface area (Å²) in [6.45, 7) is 8.49. The maximum Gasteiger partial charge on any atom is 0.146 e. The summed E-state index contributed by atoms with van der Waals surface area (Å²) in [6.07, 6.45) is 0.646. The van der Waals surface area contributed by atoms with Crippen LogP contribution >= 0.6 is 22.7 Å². The van der Waals surface area contributed by atoms with Gasteiger partial charge in [-0.2, -0.15) is 0 Å². The standard InChI is InChI=1S/C20H26N4O2S2/c1-13-14(2)28-20-18(13)19(21-15(5-8-25)16-4-3-11-27-16)22-17(23-20)12-24-6-9-26-10-7-24/h3-4,11,15,25H,5-10,12H2,1-2H3,(H,21,22,23). The van der Waals surface area contributed by atoms with Crippen LogP contribution in [0.25, 0.3) is 10.2 Å². The van der Waals surface area contributed by atoms with E-state index in [9.17, 15) is 5.11 Å². The number of aromatic nitrogens is 2. The molecule has 1 aliphatic heterocycles. The molecule has 8 heteroatoms. The molecule has 0 radical (unpaired) electrons. The molecule has 4 heterocycles. The van der Waals surface area contributed by atoms with Crippen LogP contribution in [0.1, 0.15) is 33.6 Å². The van der Waals surface area contributed by atoms with Crippen LogP contribution in [0.2, 0.25) is 0 Å². The lowest BCUT2D eigenvalue weighted by Crippen LogP contribution is -2.36. The van der Waals surface area contributed by atoms with Gasteiger partial charge in [0, 0.05) is 29.5 Å². The van der Waals surface area contributed by atoms with Gasteiger partial charge in [0.25, 0.3) is 0 Å². The van der Waals surface area contributed by atoms with Crippen molar-refractivity contribution in [2.24, 2.45) is 0 Å². The first kappa shape index (κ1) is 19.7. The van der Waals surface area contributed by atoms with Crippen molar-refractivity contribution in [3.05, 3.63) is 38.7 Å². The van der Waals surface area contributed by atoms with E-state index >= 15 is 0 Å². The average molecular weight is 419 g/mol. The minimum Gasteiger partial charge on any atom is -0.396 e. The molecule has 28 heavy (non-hydrogen) atoms. The molecule has 0 aliphatic carbocycles. The zero-order valence-corrected chi connectivity index (χ0v) is 17.9. The monoisotopic (exact) mass is 418 g/mol. The summed E-state index contributed by atoms with van der Waals surface area (Å²) in [5.74, 6) is 1.72. The highest BCUT2D eigenvalue weighted by Gasteiger charge is 2.20. The van der Waals surface area contributed by atoms with Crippen molar-refractivity contribution < 1.29 is 9.84 Å². The van der Waals surface area contributed by atoms with Gasteiger partial charge >= 0.3 is 0 Å². The van der Waals surface area contributed by atoms with E-state index in [1.54, 1.807) is 22.7 Å². The van der Waals surface area contributed by atoms with Crippen LogP contribution < -0.4 is 5.32 Å². The van der Waals surface area contributed by atoms with Crippen LogP contribution in [0.15, 0.2) is 17.5 Å². The van der Waals surface area contributed by atoms with Gasteiger partial charge in [-0.3, -0.25) is 4.90 Å². The van der Waals surface area contributed by atoms with Gasteiger partial charge in [0.15, 0.2) is 0 Å². The van der Waals surface area contributed by atoms with Crippen molar-refractivity contribution in [3.63, 3.8) is 0 Å². The second-order valence-corrected chi connectivity index (χ2v) is 9.25. The number of hydrogen-bond donors (Lipinski definition) is 2. The Labute approximate surface area is 173 Å². The minimum absolute atomic E-state index is 0.0407. The van der Waals surface area contributed by atoms with Gasteiger partial charge in [-0.25, -0.2) is 9.97 Å². The molecule has 0 aromatic carbocycles. The Morgan fingerprint density at radius 2 is 2.11 bits per heavy atom. The van der Waals surface area contributed by atoms with Gasteiger partial charge < -0.3 is 15.2 Å². The molecule has 4 rings (SSSR count). The van der Waals surface area contributed by atoms with Gasteiger partial charge in [-0.1, -0.05) is 6.07 Å².